The Hall–Kier alpha value is -1.19. The fraction of sp³-hybridized carbons (Fsp3) is 0.400. The predicted octanol–water partition coefficient (Wildman–Crippen LogP) is 3.90. The average Bonchev–Trinajstić information content (AvgIpc) is 2.88. The highest BCUT2D eigenvalue weighted by molar-refractivity contribution is 7.09. The molecule has 0 saturated heterocycles. The maximum Gasteiger partial charge on any atom is 0.0932 e. The van der Waals surface area contributed by atoms with E-state index in [1.165, 1.54) is 5.56 Å². The molecule has 0 amide bonds. The molecule has 1 N–H and O–H groups in total. The van der Waals surface area contributed by atoms with E-state index in [1.807, 2.05) is 25.1 Å². The largest absolute Gasteiger partial charge is 0.393 e. The van der Waals surface area contributed by atoms with Crippen LogP contribution in [0.15, 0.2) is 35.7 Å². The predicted molar refractivity (Wildman–Crippen MR) is 76.8 cm³/mol. The van der Waals surface area contributed by atoms with Gasteiger partial charge in [-0.25, -0.2) is 4.98 Å². The van der Waals surface area contributed by atoms with Crippen LogP contribution in [0.25, 0.3) is 11.3 Å². The molecule has 0 aliphatic carbocycles. The molecule has 2 rings (SSSR count). The summed E-state index contributed by atoms with van der Waals surface area (Å²) < 4.78 is 0. The van der Waals surface area contributed by atoms with Crippen LogP contribution in [0.1, 0.15) is 31.2 Å². The summed E-state index contributed by atoms with van der Waals surface area (Å²) in [7, 11) is 0. The van der Waals surface area contributed by atoms with Crippen LogP contribution in [0.4, 0.5) is 0 Å². The van der Waals surface area contributed by atoms with E-state index in [1.54, 1.807) is 11.3 Å². The van der Waals surface area contributed by atoms with Gasteiger partial charge in [0, 0.05) is 10.9 Å². The van der Waals surface area contributed by atoms with E-state index in [9.17, 15) is 5.11 Å². The van der Waals surface area contributed by atoms with Gasteiger partial charge in [-0.15, -0.1) is 11.3 Å². The summed E-state index contributed by atoms with van der Waals surface area (Å²) in [6.07, 6.45) is 3.54. The lowest BCUT2D eigenvalue weighted by molar-refractivity contribution is 0.158. The van der Waals surface area contributed by atoms with Crippen molar-refractivity contribution in [2.45, 2.75) is 38.7 Å². The number of benzene rings is 1. The highest BCUT2D eigenvalue weighted by atomic mass is 32.1. The number of aliphatic hydroxyl groups is 1. The van der Waals surface area contributed by atoms with E-state index in [0.29, 0.717) is 0 Å². The minimum absolute atomic E-state index is 0.154. The first-order valence-corrected chi connectivity index (χ1v) is 7.35. The number of thiazole rings is 1. The third kappa shape index (κ3) is 3.65. The molecule has 0 saturated carbocycles. The summed E-state index contributed by atoms with van der Waals surface area (Å²) in [6.45, 7) is 2.02. The summed E-state index contributed by atoms with van der Waals surface area (Å²) >= 11 is 1.71. The fourth-order valence-electron chi connectivity index (χ4n) is 1.86. The van der Waals surface area contributed by atoms with E-state index in [0.717, 1.165) is 36.4 Å². The molecule has 2 aromatic rings. The van der Waals surface area contributed by atoms with Crippen LogP contribution in [-0.2, 0) is 6.42 Å². The van der Waals surface area contributed by atoms with Crippen molar-refractivity contribution in [1.29, 1.82) is 0 Å². The SMILES string of the molecule is CCC(O)CCCc1nc(-c2ccccc2)cs1. The minimum Gasteiger partial charge on any atom is -0.393 e. The topological polar surface area (TPSA) is 33.1 Å². The van der Waals surface area contributed by atoms with Gasteiger partial charge in [0.25, 0.3) is 0 Å². The van der Waals surface area contributed by atoms with Crippen molar-refractivity contribution in [2.75, 3.05) is 0 Å². The first kappa shape index (κ1) is 13.2. The van der Waals surface area contributed by atoms with Crippen molar-refractivity contribution in [3.8, 4) is 11.3 Å². The normalized spacial score (nSPS) is 12.6. The van der Waals surface area contributed by atoms with Gasteiger partial charge in [-0.1, -0.05) is 37.3 Å². The van der Waals surface area contributed by atoms with Gasteiger partial charge in [0.2, 0.25) is 0 Å². The van der Waals surface area contributed by atoms with E-state index in [2.05, 4.69) is 22.5 Å². The number of nitrogens with zero attached hydrogens (tertiary/aromatic N) is 1. The Kier molecular flexibility index (Phi) is 4.90. The number of hydrogen-bond acceptors (Lipinski definition) is 3. The Morgan fingerprint density at radius 2 is 2.06 bits per heavy atom. The number of aromatic nitrogens is 1. The lowest BCUT2D eigenvalue weighted by atomic mass is 10.1. The monoisotopic (exact) mass is 261 g/mol. The highest BCUT2D eigenvalue weighted by Gasteiger charge is 2.05. The molecule has 1 aromatic heterocycles. The van der Waals surface area contributed by atoms with Gasteiger partial charge in [-0.05, 0) is 25.7 Å². The van der Waals surface area contributed by atoms with E-state index < -0.39 is 0 Å². The van der Waals surface area contributed by atoms with Crippen LogP contribution in [-0.4, -0.2) is 16.2 Å². The third-order valence-corrected chi connectivity index (χ3v) is 3.93. The Morgan fingerprint density at radius 1 is 1.28 bits per heavy atom. The number of hydrogen-bond donors (Lipinski definition) is 1. The van der Waals surface area contributed by atoms with Crippen LogP contribution < -0.4 is 0 Å². The van der Waals surface area contributed by atoms with Crippen LogP contribution in [0, 0.1) is 0 Å². The zero-order chi connectivity index (χ0) is 12.8. The van der Waals surface area contributed by atoms with Gasteiger partial charge in [0.1, 0.15) is 0 Å². The number of aryl methyl sites for hydroxylation is 1. The molecule has 1 heterocycles. The van der Waals surface area contributed by atoms with Crippen molar-refractivity contribution in [3.63, 3.8) is 0 Å². The maximum atomic E-state index is 9.50. The molecule has 0 aliphatic heterocycles. The highest BCUT2D eigenvalue weighted by Crippen LogP contribution is 2.22. The second kappa shape index (κ2) is 6.66. The second-order valence-corrected chi connectivity index (χ2v) is 5.39. The van der Waals surface area contributed by atoms with Crippen molar-refractivity contribution in [2.24, 2.45) is 0 Å². The molecule has 3 heteroatoms. The van der Waals surface area contributed by atoms with Gasteiger partial charge < -0.3 is 5.11 Å². The van der Waals surface area contributed by atoms with Crippen LogP contribution in [0.3, 0.4) is 0 Å². The van der Waals surface area contributed by atoms with Crippen LogP contribution in [0.2, 0.25) is 0 Å². The number of aliphatic hydroxyl groups excluding tert-OH is 1. The average molecular weight is 261 g/mol. The standard InChI is InChI=1S/C15H19NOS/c1-2-13(17)9-6-10-15-16-14(11-18-15)12-7-4-3-5-8-12/h3-5,7-8,11,13,17H,2,6,9-10H2,1H3. The molecule has 2 nitrogen and oxygen atoms in total. The third-order valence-electron chi connectivity index (χ3n) is 3.02. The summed E-state index contributed by atoms with van der Waals surface area (Å²) in [5.41, 5.74) is 2.24. The fourth-order valence-corrected chi connectivity index (χ4v) is 2.71. The Balaban J connectivity index is 1.91. The molecule has 1 unspecified atom stereocenters. The van der Waals surface area contributed by atoms with E-state index >= 15 is 0 Å². The lowest BCUT2D eigenvalue weighted by Gasteiger charge is -2.05. The molecule has 18 heavy (non-hydrogen) atoms. The molecule has 1 aromatic carbocycles. The van der Waals surface area contributed by atoms with Gasteiger partial charge in [-0.3, -0.25) is 0 Å². The van der Waals surface area contributed by atoms with Gasteiger partial charge in [-0.2, -0.15) is 0 Å². The Labute approximate surface area is 112 Å². The van der Waals surface area contributed by atoms with Crippen LogP contribution >= 0.6 is 11.3 Å². The molecule has 0 spiro atoms. The summed E-state index contributed by atoms with van der Waals surface area (Å²) in [4.78, 5) is 4.64. The van der Waals surface area contributed by atoms with Crippen molar-refractivity contribution in [1.82, 2.24) is 4.98 Å². The maximum absolute atomic E-state index is 9.50. The molecular formula is C15H19NOS. The summed E-state index contributed by atoms with van der Waals surface area (Å²) in [6, 6.07) is 10.3. The van der Waals surface area contributed by atoms with E-state index in [4.69, 9.17) is 0 Å². The molecule has 0 bridgehead atoms. The second-order valence-electron chi connectivity index (χ2n) is 4.45. The van der Waals surface area contributed by atoms with Gasteiger partial charge in [0.15, 0.2) is 0 Å². The van der Waals surface area contributed by atoms with Gasteiger partial charge in [0.05, 0.1) is 16.8 Å². The van der Waals surface area contributed by atoms with Gasteiger partial charge >= 0.3 is 0 Å². The molecular weight excluding hydrogens is 242 g/mol. The zero-order valence-electron chi connectivity index (χ0n) is 10.7. The molecule has 0 fully saturated rings. The van der Waals surface area contributed by atoms with E-state index in [-0.39, 0.29) is 6.10 Å². The first-order valence-electron chi connectivity index (χ1n) is 6.47. The Morgan fingerprint density at radius 3 is 2.78 bits per heavy atom. The van der Waals surface area contributed by atoms with Crippen molar-refractivity contribution < 1.29 is 5.11 Å². The molecule has 0 aliphatic rings. The zero-order valence-corrected chi connectivity index (χ0v) is 11.5. The lowest BCUT2D eigenvalue weighted by Crippen LogP contribution is -2.04. The van der Waals surface area contributed by atoms with Crippen molar-refractivity contribution >= 4 is 11.3 Å². The summed E-state index contributed by atoms with van der Waals surface area (Å²) in [5.74, 6) is 0. The molecule has 96 valence electrons. The smallest absolute Gasteiger partial charge is 0.0932 e. The first-order chi connectivity index (χ1) is 8.79. The number of rotatable bonds is 6. The minimum atomic E-state index is -0.154. The van der Waals surface area contributed by atoms with Crippen molar-refractivity contribution in [3.05, 3.63) is 40.7 Å². The summed E-state index contributed by atoms with van der Waals surface area (Å²) in [5, 5.41) is 12.8. The van der Waals surface area contributed by atoms with Crippen LogP contribution in [0.5, 0.6) is 0 Å². The quantitative estimate of drug-likeness (QED) is 0.855. The molecule has 0 radical (unpaired) electrons. The molecule has 1 atom stereocenters. The Bertz CT molecular complexity index is 466.